The first kappa shape index (κ1) is 12.7. The van der Waals surface area contributed by atoms with E-state index in [1.165, 1.54) is 0 Å². The number of aromatic nitrogens is 2. The molecular weight excluding hydrogens is 277 g/mol. The van der Waals surface area contributed by atoms with E-state index < -0.39 is 5.91 Å². The molecule has 0 aliphatic heterocycles. The van der Waals surface area contributed by atoms with E-state index in [0.717, 1.165) is 0 Å². The molecule has 0 atom stereocenters. The molecule has 0 spiro atoms. The van der Waals surface area contributed by atoms with E-state index in [0.29, 0.717) is 21.1 Å². The van der Waals surface area contributed by atoms with Gasteiger partial charge < -0.3 is 16.0 Å². The van der Waals surface area contributed by atoms with Crippen molar-refractivity contribution < 1.29 is 4.79 Å². The molecule has 1 amide bonds. The number of hydrogen-bond donors (Lipinski definition) is 2. The summed E-state index contributed by atoms with van der Waals surface area (Å²) in [5, 5.41) is 0.746. The first-order valence-electron chi connectivity index (χ1n) is 4.85. The minimum atomic E-state index is -0.624. The van der Waals surface area contributed by atoms with Gasteiger partial charge in [-0.3, -0.25) is 4.79 Å². The van der Waals surface area contributed by atoms with E-state index in [1.54, 1.807) is 23.7 Å². The topological polar surface area (TPSA) is 99.3 Å². The van der Waals surface area contributed by atoms with Crippen LogP contribution in [-0.2, 0) is 7.05 Å². The second-order valence-electron chi connectivity index (χ2n) is 3.59. The second kappa shape index (κ2) is 4.47. The van der Waals surface area contributed by atoms with Crippen LogP contribution in [0.4, 0.5) is 0 Å². The lowest BCUT2D eigenvalue weighted by atomic mass is 10.3. The SMILES string of the molecule is Cn1c(C(=O)N=C(N)N)nc2cc(Cl)c(Cl)cc21. The van der Waals surface area contributed by atoms with Crippen LogP contribution in [0, 0.1) is 0 Å². The standard InChI is InChI=1S/C10H9Cl2N5O/c1-17-7-3-5(12)4(11)2-6(7)15-8(17)9(18)16-10(13)14/h2-3H,1H3,(H4,13,14,16,18). The number of imidazole rings is 1. The third-order valence-electron chi connectivity index (χ3n) is 2.34. The monoisotopic (exact) mass is 285 g/mol. The highest BCUT2D eigenvalue weighted by atomic mass is 35.5. The van der Waals surface area contributed by atoms with Crippen LogP contribution in [0.1, 0.15) is 10.6 Å². The van der Waals surface area contributed by atoms with Gasteiger partial charge in [0.05, 0.1) is 21.1 Å². The second-order valence-corrected chi connectivity index (χ2v) is 4.41. The van der Waals surface area contributed by atoms with Gasteiger partial charge in [0.1, 0.15) is 0 Å². The maximum atomic E-state index is 11.7. The van der Waals surface area contributed by atoms with Crippen LogP contribution >= 0.6 is 23.2 Å². The molecule has 2 rings (SSSR count). The van der Waals surface area contributed by atoms with E-state index in [9.17, 15) is 4.79 Å². The summed E-state index contributed by atoms with van der Waals surface area (Å²) in [5.41, 5.74) is 11.5. The number of hydrogen-bond acceptors (Lipinski definition) is 2. The minimum absolute atomic E-state index is 0.108. The number of aliphatic imine (C=N–C) groups is 1. The lowest BCUT2D eigenvalue weighted by Crippen LogP contribution is -2.24. The van der Waals surface area contributed by atoms with Gasteiger partial charge in [-0.25, -0.2) is 4.98 Å². The van der Waals surface area contributed by atoms with Crippen LogP contribution in [0.25, 0.3) is 11.0 Å². The predicted molar refractivity (Wildman–Crippen MR) is 70.9 cm³/mol. The van der Waals surface area contributed by atoms with Crippen LogP contribution in [0.5, 0.6) is 0 Å². The van der Waals surface area contributed by atoms with E-state index in [1.807, 2.05) is 0 Å². The summed E-state index contributed by atoms with van der Waals surface area (Å²) in [4.78, 5) is 19.3. The fourth-order valence-electron chi connectivity index (χ4n) is 1.55. The smallest absolute Gasteiger partial charge is 0.316 e. The summed E-state index contributed by atoms with van der Waals surface area (Å²) in [7, 11) is 1.66. The van der Waals surface area contributed by atoms with Gasteiger partial charge in [-0.2, -0.15) is 4.99 Å². The molecule has 18 heavy (non-hydrogen) atoms. The molecule has 1 aromatic heterocycles. The molecule has 6 nitrogen and oxygen atoms in total. The normalized spacial score (nSPS) is 10.6. The zero-order chi connectivity index (χ0) is 13.4. The van der Waals surface area contributed by atoms with Crippen LogP contribution < -0.4 is 11.5 Å². The van der Waals surface area contributed by atoms with Crippen molar-refractivity contribution >= 4 is 46.1 Å². The van der Waals surface area contributed by atoms with Gasteiger partial charge in [0.25, 0.3) is 0 Å². The van der Waals surface area contributed by atoms with E-state index >= 15 is 0 Å². The number of aryl methyl sites for hydroxylation is 1. The third-order valence-corrected chi connectivity index (χ3v) is 3.07. The van der Waals surface area contributed by atoms with Crippen molar-refractivity contribution in [2.75, 3.05) is 0 Å². The van der Waals surface area contributed by atoms with Gasteiger partial charge in [0.2, 0.25) is 5.82 Å². The highest BCUT2D eigenvalue weighted by molar-refractivity contribution is 6.42. The molecule has 1 aromatic carbocycles. The Morgan fingerprint density at radius 1 is 1.33 bits per heavy atom. The molecule has 4 N–H and O–H groups in total. The van der Waals surface area contributed by atoms with E-state index in [4.69, 9.17) is 34.7 Å². The third kappa shape index (κ3) is 2.12. The molecule has 0 radical (unpaired) electrons. The largest absolute Gasteiger partial charge is 0.370 e. The molecule has 0 unspecified atom stereocenters. The van der Waals surface area contributed by atoms with E-state index in [-0.39, 0.29) is 11.8 Å². The molecule has 1 heterocycles. The molecule has 0 saturated carbocycles. The van der Waals surface area contributed by atoms with Gasteiger partial charge in [-0.05, 0) is 12.1 Å². The number of amides is 1. The predicted octanol–water partition coefficient (Wildman–Crippen LogP) is 1.29. The van der Waals surface area contributed by atoms with Crippen LogP contribution in [-0.4, -0.2) is 21.4 Å². The van der Waals surface area contributed by atoms with Crippen molar-refractivity contribution in [1.82, 2.24) is 9.55 Å². The minimum Gasteiger partial charge on any atom is -0.370 e. The fraction of sp³-hybridized carbons (Fsp3) is 0.100. The molecule has 0 saturated heterocycles. The fourth-order valence-corrected chi connectivity index (χ4v) is 1.86. The number of nitrogens with zero attached hydrogens (tertiary/aromatic N) is 3. The Kier molecular flexibility index (Phi) is 3.14. The Morgan fingerprint density at radius 2 is 1.94 bits per heavy atom. The number of benzene rings is 1. The average molecular weight is 286 g/mol. The molecule has 8 heteroatoms. The zero-order valence-electron chi connectivity index (χ0n) is 9.32. The Hall–Kier alpha value is -1.79. The maximum absolute atomic E-state index is 11.7. The molecular formula is C10H9Cl2N5O. The molecule has 0 fully saturated rings. The van der Waals surface area contributed by atoms with Gasteiger partial charge in [-0.1, -0.05) is 23.2 Å². The highest BCUT2D eigenvalue weighted by Crippen LogP contribution is 2.27. The Balaban J connectivity index is 2.64. The summed E-state index contributed by atoms with van der Waals surface area (Å²) in [6, 6.07) is 3.20. The molecule has 94 valence electrons. The van der Waals surface area contributed by atoms with Gasteiger partial charge >= 0.3 is 5.91 Å². The van der Waals surface area contributed by atoms with Crippen LogP contribution in [0.3, 0.4) is 0 Å². The van der Waals surface area contributed by atoms with Gasteiger partial charge in [0, 0.05) is 7.05 Å². The summed E-state index contributed by atoms with van der Waals surface area (Å²) >= 11 is 11.8. The summed E-state index contributed by atoms with van der Waals surface area (Å²) in [6.07, 6.45) is 0. The number of carbonyl (C=O) groups excluding carboxylic acids is 1. The molecule has 2 aromatic rings. The Labute approximate surface area is 112 Å². The molecule has 0 aliphatic carbocycles. The maximum Gasteiger partial charge on any atom is 0.316 e. The number of halogens is 2. The summed E-state index contributed by atoms with van der Waals surface area (Å²) in [6.45, 7) is 0. The van der Waals surface area contributed by atoms with Crippen molar-refractivity contribution in [1.29, 1.82) is 0 Å². The first-order chi connectivity index (χ1) is 8.40. The van der Waals surface area contributed by atoms with Crippen molar-refractivity contribution in [3.63, 3.8) is 0 Å². The van der Waals surface area contributed by atoms with Crippen molar-refractivity contribution in [2.24, 2.45) is 23.5 Å². The lowest BCUT2D eigenvalue weighted by molar-refractivity contribution is 0.0990. The number of rotatable bonds is 1. The quantitative estimate of drug-likeness (QED) is 0.609. The first-order valence-corrected chi connectivity index (χ1v) is 5.61. The van der Waals surface area contributed by atoms with Crippen molar-refractivity contribution in [3.8, 4) is 0 Å². The zero-order valence-corrected chi connectivity index (χ0v) is 10.8. The lowest BCUT2D eigenvalue weighted by Gasteiger charge is -1.99. The Morgan fingerprint density at radius 3 is 2.56 bits per heavy atom. The highest BCUT2D eigenvalue weighted by Gasteiger charge is 2.16. The molecule has 0 aliphatic rings. The van der Waals surface area contributed by atoms with Gasteiger partial charge in [-0.15, -0.1) is 0 Å². The average Bonchev–Trinajstić information content (AvgIpc) is 2.56. The summed E-state index contributed by atoms with van der Waals surface area (Å²) in [5.74, 6) is -0.833. The van der Waals surface area contributed by atoms with Gasteiger partial charge in [0.15, 0.2) is 5.96 Å². The summed E-state index contributed by atoms with van der Waals surface area (Å²) < 4.78 is 1.55. The van der Waals surface area contributed by atoms with Crippen LogP contribution in [0.15, 0.2) is 17.1 Å². The van der Waals surface area contributed by atoms with Crippen LogP contribution in [0.2, 0.25) is 10.0 Å². The molecule has 0 bridgehead atoms. The number of guanidine groups is 1. The number of carbonyl (C=O) groups is 1. The number of fused-ring (bicyclic) bond motifs is 1. The van der Waals surface area contributed by atoms with Crippen molar-refractivity contribution in [2.45, 2.75) is 0 Å². The van der Waals surface area contributed by atoms with E-state index in [2.05, 4.69) is 9.98 Å². The number of nitrogens with two attached hydrogens (primary N) is 2. The Bertz CT molecular complexity index is 672. The van der Waals surface area contributed by atoms with Crippen molar-refractivity contribution in [3.05, 3.63) is 28.0 Å².